The molecule has 0 atom stereocenters. The third-order valence-electron chi connectivity index (χ3n) is 2.76. The van der Waals surface area contributed by atoms with E-state index < -0.39 is 0 Å². The van der Waals surface area contributed by atoms with Gasteiger partial charge in [-0.15, -0.1) is 0 Å². The number of hydrogen-bond donors (Lipinski definition) is 0. The van der Waals surface area contributed by atoms with Crippen molar-refractivity contribution >= 4 is 5.69 Å². The topological polar surface area (TPSA) is 36.3 Å². The fraction of sp³-hybridized carbons (Fsp3) is 0.417. The Morgan fingerprint density at radius 3 is 2.67 bits per heavy atom. The normalized spacial score (nSPS) is 15.1. The van der Waals surface area contributed by atoms with Gasteiger partial charge in [-0.1, -0.05) is 0 Å². The number of anilines is 1. The van der Waals surface area contributed by atoms with Crippen LogP contribution in [0.1, 0.15) is 18.4 Å². The molecule has 0 bridgehead atoms. The molecule has 3 heteroatoms. The van der Waals surface area contributed by atoms with E-state index in [1.165, 1.54) is 12.8 Å². The van der Waals surface area contributed by atoms with Crippen molar-refractivity contribution in [1.82, 2.24) is 0 Å². The Morgan fingerprint density at radius 1 is 1.33 bits per heavy atom. The van der Waals surface area contributed by atoms with E-state index in [-0.39, 0.29) is 0 Å². The van der Waals surface area contributed by atoms with Gasteiger partial charge < -0.3 is 9.64 Å². The molecular weight excluding hydrogens is 188 g/mol. The lowest BCUT2D eigenvalue weighted by Crippen LogP contribution is -2.18. The lowest BCUT2D eigenvalue weighted by molar-refractivity contribution is 0.415. The van der Waals surface area contributed by atoms with E-state index >= 15 is 0 Å². The van der Waals surface area contributed by atoms with E-state index in [4.69, 9.17) is 10.00 Å². The second-order valence-electron chi connectivity index (χ2n) is 3.69. The number of benzene rings is 1. The molecule has 2 rings (SSSR count). The number of rotatable bonds is 2. The maximum Gasteiger partial charge on any atom is 0.143 e. The molecule has 1 aliphatic heterocycles. The Morgan fingerprint density at radius 2 is 2.07 bits per heavy atom. The summed E-state index contributed by atoms with van der Waals surface area (Å²) in [5.41, 5.74) is 1.75. The number of methoxy groups -OCH3 is 1. The van der Waals surface area contributed by atoms with Crippen LogP contribution in [0.2, 0.25) is 0 Å². The Kier molecular flexibility index (Phi) is 2.77. The van der Waals surface area contributed by atoms with Gasteiger partial charge in [0.05, 0.1) is 24.4 Å². The van der Waals surface area contributed by atoms with Gasteiger partial charge in [0.2, 0.25) is 0 Å². The molecule has 3 nitrogen and oxygen atoms in total. The van der Waals surface area contributed by atoms with Crippen LogP contribution < -0.4 is 9.64 Å². The standard InChI is InChI=1S/C12H14N2O/c1-15-12-8-10(9-13)4-5-11(12)14-6-2-3-7-14/h4-5,8H,2-3,6-7H2,1H3. The fourth-order valence-electron chi connectivity index (χ4n) is 1.97. The average Bonchev–Trinajstić information content (AvgIpc) is 2.81. The molecule has 78 valence electrons. The summed E-state index contributed by atoms with van der Waals surface area (Å²) in [4.78, 5) is 2.31. The summed E-state index contributed by atoms with van der Waals surface area (Å²) in [6.07, 6.45) is 2.48. The predicted octanol–water partition coefficient (Wildman–Crippen LogP) is 2.17. The molecule has 0 saturated carbocycles. The minimum Gasteiger partial charge on any atom is -0.495 e. The zero-order chi connectivity index (χ0) is 10.7. The van der Waals surface area contributed by atoms with Crippen molar-refractivity contribution in [3.05, 3.63) is 23.8 Å². The lowest BCUT2D eigenvalue weighted by Gasteiger charge is -2.20. The first-order chi connectivity index (χ1) is 7.35. The minimum absolute atomic E-state index is 0.648. The number of hydrogen-bond acceptors (Lipinski definition) is 3. The van der Waals surface area contributed by atoms with E-state index in [1.807, 2.05) is 12.1 Å². The fourth-order valence-corrected chi connectivity index (χ4v) is 1.97. The molecule has 0 N–H and O–H groups in total. The average molecular weight is 202 g/mol. The SMILES string of the molecule is COc1cc(C#N)ccc1N1CCCC1. The maximum atomic E-state index is 8.79. The first-order valence-electron chi connectivity index (χ1n) is 5.18. The molecule has 0 spiro atoms. The highest BCUT2D eigenvalue weighted by Crippen LogP contribution is 2.31. The molecule has 1 aliphatic rings. The van der Waals surface area contributed by atoms with Gasteiger partial charge in [-0.2, -0.15) is 5.26 Å². The molecule has 1 aromatic carbocycles. The highest BCUT2D eigenvalue weighted by molar-refractivity contribution is 5.61. The number of nitriles is 1. The summed E-state index contributed by atoms with van der Waals surface area (Å²) in [6, 6.07) is 7.74. The maximum absolute atomic E-state index is 8.79. The van der Waals surface area contributed by atoms with E-state index in [0.29, 0.717) is 5.56 Å². The molecule has 1 heterocycles. The minimum atomic E-state index is 0.648. The van der Waals surface area contributed by atoms with Gasteiger partial charge in [0.1, 0.15) is 5.75 Å². The van der Waals surface area contributed by atoms with Gasteiger partial charge >= 0.3 is 0 Å². The first kappa shape index (κ1) is 9.85. The van der Waals surface area contributed by atoms with Crippen LogP contribution in [-0.4, -0.2) is 20.2 Å². The van der Waals surface area contributed by atoms with Crippen molar-refractivity contribution in [3.63, 3.8) is 0 Å². The van der Waals surface area contributed by atoms with Gasteiger partial charge in [-0.25, -0.2) is 0 Å². The second-order valence-corrected chi connectivity index (χ2v) is 3.69. The zero-order valence-electron chi connectivity index (χ0n) is 8.86. The van der Waals surface area contributed by atoms with Crippen LogP contribution in [-0.2, 0) is 0 Å². The highest BCUT2D eigenvalue weighted by atomic mass is 16.5. The third-order valence-corrected chi connectivity index (χ3v) is 2.76. The van der Waals surface area contributed by atoms with Crippen LogP contribution in [0.15, 0.2) is 18.2 Å². The Hall–Kier alpha value is -1.69. The monoisotopic (exact) mass is 202 g/mol. The summed E-state index contributed by atoms with van der Waals surface area (Å²) in [5.74, 6) is 0.802. The predicted molar refractivity (Wildman–Crippen MR) is 59.2 cm³/mol. The molecular formula is C12H14N2O. The molecule has 0 aliphatic carbocycles. The largest absolute Gasteiger partial charge is 0.495 e. The molecule has 15 heavy (non-hydrogen) atoms. The van der Waals surface area contributed by atoms with Crippen molar-refractivity contribution in [2.75, 3.05) is 25.1 Å². The molecule has 0 amide bonds. The second kappa shape index (κ2) is 4.22. The summed E-state index contributed by atoms with van der Waals surface area (Å²) in [6.45, 7) is 2.17. The summed E-state index contributed by atoms with van der Waals surface area (Å²) in [7, 11) is 1.65. The summed E-state index contributed by atoms with van der Waals surface area (Å²) < 4.78 is 5.31. The molecule has 1 saturated heterocycles. The van der Waals surface area contributed by atoms with Crippen LogP contribution in [0.25, 0.3) is 0 Å². The van der Waals surface area contributed by atoms with Crippen molar-refractivity contribution in [3.8, 4) is 11.8 Å². The van der Waals surface area contributed by atoms with Crippen molar-refractivity contribution in [2.24, 2.45) is 0 Å². The Balaban J connectivity index is 2.34. The Bertz CT molecular complexity index is 389. The molecule has 1 fully saturated rings. The summed E-state index contributed by atoms with van der Waals surface area (Å²) in [5, 5.41) is 8.79. The number of nitrogens with zero attached hydrogens (tertiary/aromatic N) is 2. The summed E-state index contributed by atoms with van der Waals surface area (Å²) >= 11 is 0. The van der Waals surface area contributed by atoms with Crippen LogP contribution in [0.3, 0.4) is 0 Å². The Labute approximate surface area is 89.9 Å². The van der Waals surface area contributed by atoms with E-state index in [9.17, 15) is 0 Å². The molecule has 1 aromatic rings. The first-order valence-corrected chi connectivity index (χ1v) is 5.18. The van der Waals surface area contributed by atoms with E-state index in [0.717, 1.165) is 24.5 Å². The lowest BCUT2D eigenvalue weighted by atomic mass is 10.2. The molecule has 0 radical (unpaired) electrons. The van der Waals surface area contributed by atoms with Gasteiger partial charge in [0.25, 0.3) is 0 Å². The van der Waals surface area contributed by atoms with Crippen molar-refractivity contribution in [2.45, 2.75) is 12.8 Å². The number of ether oxygens (including phenoxy) is 1. The zero-order valence-corrected chi connectivity index (χ0v) is 8.86. The van der Waals surface area contributed by atoms with Gasteiger partial charge in [0.15, 0.2) is 0 Å². The third kappa shape index (κ3) is 1.89. The van der Waals surface area contributed by atoms with Gasteiger partial charge in [0, 0.05) is 19.2 Å². The van der Waals surface area contributed by atoms with Crippen molar-refractivity contribution in [1.29, 1.82) is 5.26 Å². The van der Waals surface area contributed by atoms with Crippen molar-refractivity contribution < 1.29 is 4.74 Å². The van der Waals surface area contributed by atoms with Crippen LogP contribution in [0, 0.1) is 11.3 Å². The van der Waals surface area contributed by atoms with Crippen LogP contribution in [0.4, 0.5) is 5.69 Å². The van der Waals surface area contributed by atoms with Crippen LogP contribution in [0.5, 0.6) is 5.75 Å². The quantitative estimate of drug-likeness (QED) is 0.737. The van der Waals surface area contributed by atoms with E-state index in [1.54, 1.807) is 13.2 Å². The van der Waals surface area contributed by atoms with Gasteiger partial charge in [-0.05, 0) is 25.0 Å². The molecule has 0 unspecified atom stereocenters. The van der Waals surface area contributed by atoms with Gasteiger partial charge in [-0.3, -0.25) is 0 Å². The highest BCUT2D eigenvalue weighted by Gasteiger charge is 2.16. The van der Waals surface area contributed by atoms with Crippen LogP contribution >= 0.6 is 0 Å². The van der Waals surface area contributed by atoms with E-state index in [2.05, 4.69) is 11.0 Å². The molecule has 0 aromatic heterocycles. The smallest absolute Gasteiger partial charge is 0.143 e.